The molecule has 3 amide bonds. The van der Waals surface area contributed by atoms with Crippen LogP contribution in [-0.2, 0) is 16.1 Å². The van der Waals surface area contributed by atoms with Crippen LogP contribution in [-0.4, -0.2) is 30.9 Å². The molecule has 7 nitrogen and oxygen atoms in total. The average molecular weight is 353 g/mol. The van der Waals surface area contributed by atoms with Crippen LogP contribution in [0.25, 0.3) is 0 Å². The average Bonchev–Trinajstić information content (AvgIpc) is 2.77. The third-order valence-corrected chi connectivity index (χ3v) is 4.09. The zero-order valence-electron chi connectivity index (χ0n) is 14.2. The molecule has 134 valence electrons. The summed E-state index contributed by atoms with van der Waals surface area (Å²) < 4.78 is 5.08. The van der Waals surface area contributed by atoms with Gasteiger partial charge in [0, 0.05) is 6.54 Å². The molecule has 0 saturated carbocycles. The Morgan fingerprint density at radius 3 is 2.58 bits per heavy atom. The number of anilines is 1. The molecular formula is C19H19N3O4. The van der Waals surface area contributed by atoms with Crippen molar-refractivity contribution in [2.24, 2.45) is 0 Å². The van der Waals surface area contributed by atoms with Crippen LogP contribution in [0.2, 0.25) is 0 Å². The van der Waals surface area contributed by atoms with E-state index in [1.54, 1.807) is 43.5 Å². The minimum Gasteiger partial charge on any atom is -0.497 e. The van der Waals surface area contributed by atoms with Crippen molar-refractivity contribution in [3.63, 3.8) is 0 Å². The van der Waals surface area contributed by atoms with E-state index < -0.39 is 11.9 Å². The molecule has 1 aliphatic heterocycles. The lowest BCUT2D eigenvalue weighted by Crippen LogP contribution is -2.44. The van der Waals surface area contributed by atoms with Crippen molar-refractivity contribution in [2.45, 2.75) is 19.0 Å². The minimum absolute atomic E-state index is 0.137. The lowest BCUT2D eigenvalue weighted by Gasteiger charge is -2.14. The maximum atomic E-state index is 12.3. The molecule has 1 atom stereocenters. The number of fused-ring (bicyclic) bond motifs is 1. The Morgan fingerprint density at radius 2 is 1.85 bits per heavy atom. The summed E-state index contributed by atoms with van der Waals surface area (Å²) >= 11 is 0. The number of nitrogens with one attached hydrogen (secondary N) is 3. The fourth-order valence-electron chi connectivity index (χ4n) is 2.66. The number of rotatable bonds is 5. The van der Waals surface area contributed by atoms with E-state index in [9.17, 15) is 14.4 Å². The first-order chi connectivity index (χ1) is 12.6. The number of ether oxygens (including phenoxy) is 1. The first kappa shape index (κ1) is 17.5. The molecule has 26 heavy (non-hydrogen) atoms. The number of methoxy groups -OCH3 is 1. The van der Waals surface area contributed by atoms with Crippen molar-refractivity contribution in [3.05, 3.63) is 59.7 Å². The van der Waals surface area contributed by atoms with Gasteiger partial charge in [-0.05, 0) is 29.8 Å². The summed E-state index contributed by atoms with van der Waals surface area (Å²) in [5.74, 6) is -0.389. The lowest BCUT2D eigenvalue weighted by molar-refractivity contribution is -0.125. The van der Waals surface area contributed by atoms with Crippen LogP contribution in [0.3, 0.4) is 0 Å². The van der Waals surface area contributed by atoms with Crippen LogP contribution in [0.4, 0.5) is 5.69 Å². The van der Waals surface area contributed by atoms with Crippen molar-refractivity contribution in [2.75, 3.05) is 12.4 Å². The molecular weight excluding hydrogens is 334 g/mol. The Hall–Kier alpha value is -3.35. The second-order valence-corrected chi connectivity index (χ2v) is 5.89. The zero-order valence-corrected chi connectivity index (χ0v) is 14.2. The highest BCUT2D eigenvalue weighted by Gasteiger charge is 2.29. The van der Waals surface area contributed by atoms with E-state index in [1.165, 1.54) is 0 Å². The molecule has 2 aromatic carbocycles. The largest absolute Gasteiger partial charge is 0.497 e. The van der Waals surface area contributed by atoms with Gasteiger partial charge in [-0.25, -0.2) is 0 Å². The molecule has 0 bridgehead atoms. The number of carbonyl (C=O) groups excluding carboxylic acids is 3. The fourth-order valence-corrected chi connectivity index (χ4v) is 2.66. The number of benzene rings is 2. The number of hydrogen-bond donors (Lipinski definition) is 3. The standard InChI is InChI=1S/C19H19N3O4/c1-26-13-8-6-12(7-9-13)11-20-17(23)10-16-19(25)21-15-5-3-2-4-14(15)18(24)22-16/h2-9,16H,10-11H2,1H3,(H,20,23)(H,21,25)(H,22,24). The maximum absolute atomic E-state index is 12.3. The normalized spacial score (nSPS) is 16.0. The zero-order chi connectivity index (χ0) is 18.5. The number of hydrogen-bond acceptors (Lipinski definition) is 4. The van der Waals surface area contributed by atoms with E-state index in [-0.39, 0.29) is 18.2 Å². The predicted octanol–water partition coefficient (Wildman–Crippen LogP) is 1.45. The molecule has 0 spiro atoms. The van der Waals surface area contributed by atoms with Crippen LogP contribution in [0.5, 0.6) is 5.75 Å². The van der Waals surface area contributed by atoms with E-state index in [0.717, 1.165) is 11.3 Å². The molecule has 1 heterocycles. The molecule has 0 saturated heterocycles. The van der Waals surface area contributed by atoms with Gasteiger partial charge in [-0.1, -0.05) is 24.3 Å². The monoisotopic (exact) mass is 353 g/mol. The van der Waals surface area contributed by atoms with Gasteiger partial charge < -0.3 is 20.7 Å². The quantitative estimate of drug-likeness (QED) is 0.758. The third-order valence-electron chi connectivity index (χ3n) is 4.09. The highest BCUT2D eigenvalue weighted by atomic mass is 16.5. The van der Waals surface area contributed by atoms with Crippen molar-refractivity contribution in [1.29, 1.82) is 0 Å². The van der Waals surface area contributed by atoms with Gasteiger partial charge in [0.15, 0.2) is 0 Å². The van der Waals surface area contributed by atoms with Gasteiger partial charge >= 0.3 is 0 Å². The van der Waals surface area contributed by atoms with Crippen molar-refractivity contribution < 1.29 is 19.1 Å². The maximum Gasteiger partial charge on any atom is 0.254 e. The molecule has 0 fully saturated rings. The molecule has 0 radical (unpaired) electrons. The summed E-state index contributed by atoms with van der Waals surface area (Å²) in [6, 6.07) is 13.1. The second kappa shape index (κ2) is 7.69. The van der Waals surface area contributed by atoms with Crippen LogP contribution in [0.1, 0.15) is 22.3 Å². The SMILES string of the molecule is COc1ccc(CNC(=O)CC2NC(=O)c3ccccc3NC2=O)cc1. The summed E-state index contributed by atoms with van der Waals surface area (Å²) in [5.41, 5.74) is 1.72. The van der Waals surface area contributed by atoms with Gasteiger partial charge in [-0.15, -0.1) is 0 Å². The first-order valence-electron chi connectivity index (χ1n) is 8.17. The molecule has 0 aliphatic carbocycles. The Morgan fingerprint density at radius 1 is 1.12 bits per heavy atom. The topological polar surface area (TPSA) is 96.5 Å². The Bertz CT molecular complexity index is 833. The van der Waals surface area contributed by atoms with Gasteiger partial charge in [0.2, 0.25) is 11.8 Å². The molecule has 3 rings (SSSR count). The molecule has 0 aromatic heterocycles. The Labute approximate surface area is 150 Å². The smallest absolute Gasteiger partial charge is 0.254 e. The van der Waals surface area contributed by atoms with E-state index in [4.69, 9.17) is 4.74 Å². The van der Waals surface area contributed by atoms with Gasteiger partial charge in [0.25, 0.3) is 5.91 Å². The number of para-hydroxylation sites is 1. The van der Waals surface area contributed by atoms with Crippen LogP contribution >= 0.6 is 0 Å². The summed E-state index contributed by atoms with van der Waals surface area (Å²) in [6.07, 6.45) is -0.137. The van der Waals surface area contributed by atoms with Crippen molar-refractivity contribution in [1.82, 2.24) is 10.6 Å². The molecule has 1 unspecified atom stereocenters. The highest BCUT2D eigenvalue weighted by Crippen LogP contribution is 2.18. The van der Waals surface area contributed by atoms with E-state index >= 15 is 0 Å². The second-order valence-electron chi connectivity index (χ2n) is 5.89. The van der Waals surface area contributed by atoms with Crippen LogP contribution in [0.15, 0.2) is 48.5 Å². The molecule has 7 heteroatoms. The summed E-state index contributed by atoms with van der Waals surface area (Å²) in [7, 11) is 1.58. The first-order valence-corrected chi connectivity index (χ1v) is 8.17. The fraction of sp³-hybridized carbons (Fsp3) is 0.211. The van der Waals surface area contributed by atoms with Crippen LogP contribution < -0.4 is 20.7 Å². The molecule has 2 aromatic rings. The van der Waals surface area contributed by atoms with Crippen molar-refractivity contribution >= 4 is 23.4 Å². The highest BCUT2D eigenvalue weighted by molar-refractivity contribution is 6.10. The molecule has 3 N–H and O–H groups in total. The Balaban J connectivity index is 1.58. The number of amides is 3. The summed E-state index contributed by atoms with van der Waals surface area (Å²) in [5, 5.41) is 8.03. The lowest BCUT2D eigenvalue weighted by atomic mass is 10.1. The number of carbonyl (C=O) groups is 3. The summed E-state index contributed by atoms with van der Waals surface area (Å²) in [4.78, 5) is 36.7. The van der Waals surface area contributed by atoms with E-state index in [1.807, 2.05) is 12.1 Å². The van der Waals surface area contributed by atoms with Gasteiger partial charge in [0.05, 0.1) is 24.8 Å². The predicted molar refractivity (Wildman–Crippen MR) is 95.8 cm³/mol. The van der Waals surface area contributed by atoms with E-state index in [2.05, 4.69) is 16.0 Å². The van der Waals surface area contributed by atoms with Crippen LogP contribution in [0, 0.1) is 0 Å². The Kier molecular flexibility index (Phi) is 5.17. The third kappa shape index (κ3) is 4.00. The molecule has 1 aliphatic rings. The summed E-state index contributed by atoms with van der Waals surface area (Å²) in [6.45, 7) is 0.325. The minimum atomic E-state index is -0.925. The van der Waals surface area contributed by atoms with E-state index in [0.29, 0.717) is 17.8 Å². The van der Waals surface area contributed by atoms with Gasteiger partial charge in [0.1, 0.15) is 11.8 Å². The van der Waals surface area contributed by atoms with Gasteiger partial charge in [-0.2, -0.15) is 0 Å². The van der Waals surface area contributed by atoms with Crippen molar-refractivity contribution in [3.8, 4) is 5.75 Å². The van der Waals surface area contributed by atoms with Gasteiger partial charge in [-0.3, -0.25) is 14.4 Å².